The van der Waals surface area contributed by atoms with Gasteiger partial charge in [0, 0.05) is 36.1 Å². The van der Waals surface area contributed by atoms with Crippen molar-refractivity contribution in [1.82, 2.24) is 25.9 Å². The molecule has 10 heteroatoms. The van der Waals surface area contributed by atoms with Crippen molar-refractivity contribution in [2.24, 2.45) is 10.1 Å². The van der Waals surface area contributed by atoms with Gasteiger partial charge in [-0.15, -0.1) is 0 Å². The van der Waals surface area contributed by atoms with Gasteiger partial charge in [0.15, 0.2) is 11.9 Å². The highest BCUT2D eigenvalue weighted by Crippen LogP contribution is 2.26. The Morgan fingerprint density at radius 2 is 1.85 bits per heavy atom. The fraction of sp³-hybridized carbons (Fsp3) is 0.565. The van der Waals surface area contributed by atoms with Crippen molar-refractivity contribution in [3.63, 3.8) is 0 Å². The number of hydrogen-bond donors (Lipinski definition) is 4. The number of carbonyl (C=O) groups excluding carboxylic acids is 1. The summed E-state index contributed by atoms with van der Waals surface area (Å²) in [4.78, 5) is 21.7. The zero-order chi connectivity index (χ0) is 22.8. The lowest BCUT2D eigenvalue weighted by Crippen LogP contribution is -2.49. The summed E-state index contributed by atoms with van der Waals surface area (Å²) in [5.74, 6) is 1.35. The topological polar surface area (TPSA) is 106 Å². The molecule has 3 heterocycles. The van der Waals surface area contributed by atoms with E-state index >= 15 is 0 Å². The van der Waals surface area contributed by atoms with E-state index in [4.69, 9.17) is 16.7 Å². The minimum atomic E-state index is -0.516. The first-order chi connectivity index (χ1) is 16.1. The Bertz CT molecular complexity index is 980. The predicted octanol–water partition coefficient (Wildman–Crippen LogP) is 2.23. The number of fused-ring (bicyclic) bond motifs is 1. The molecule has 0 spiro atoms. The van der Waals surface area contributed by atoms with E-state index in [1.54, 1.807) is 23.3 Å². The van der Waals surface area contributed by atoms with Gasteiger partial charge >= 0.3 is 0 Å². The van der Waals surface area contributed by atoms with Crippen LogP contribution in [0.3, 0.4) is 0 Å². The number of hydrazone groups is 1. The molecule has 33 heavy (non-hydrogen) atoms. The number of aromatic nitrogens is 1. The molecule has 0 radical (unpaired) electrons. The third kappa shape index (κ3) is 5.30. The summed E-state index contributed by atoms with van der Waals surface area (Å²) in [6.07, 6.45) is 10.5. The minimum Gasteiger partial charge on any atom is -0.379 e. The molecule has 2 saturated carbocycles. The van der Waals surface area contributed by atoms with E-state index in [-0.39, 0.29) is 5.91 Å². The second-order valence-corrected chi connectivity index (χ2v) is 9.48. The first-order valence-corrected chi connectivity index (χ1v) is 12.3. The molecule has 1 aromatic heterocycles. The Hall–Kier alpha value is -2.65. The number of aliphatic imine (C=N–C) groups is 1. The number of carbonyl (C=O) groups is 1. The van der Waals surface area contributed by atoms with Crippen molar-refractivity contribution in [2.75, 3.05) is 18.4 Å². The highest BCUT2D eigenvalue weighted by Gasteiger charge is 2.39. The van der Waals surface area contributed by atoms with Crippen LogP contribution in [0.1, 0.15) is 45.4 Å². The SMILES string of the molecule is CCN[C@H]1CC[C@H](NC2=NN3C(=NCC3C(=O)Nc3ccnc(Cl)c3)C(NC3CC3)=C2)CC1. The van der Waals surface area contributed by atoms with Gasteiger partial charge in [-0.2, -0.15) is 5.10 Å². The maximum absolute atomic E-state index is 13.1. The lowest BCUT2D eigenvalue weighted by atomic mass is 9.91. The third-order valence-electron chi connectivity index (χ3n) is 6.47. The van der Waals surface area contributed by atoms with Crippen LogP contribution in [-0.2, 0) is 4.79 Å². The monoisotopic (exact) mass is 470 g/mol. The van der Waals surface area contributed by atoms with Crippen LogP contribution in [0, 0.1) is 0 Å². The molecule has 1 amide bonds. The Kier molecular flexibility index (Phi) is 6.50. The van der Waals surface area contributed by atoms with Crippen LogP contribution in [0.2, 0.25) is 5.15 Å². The average Bonchev–Trinajstić information content (AvgIpc) is 3.50. The molecule has 4 aliphatic rings. The number of nitrogens with one attached hydrogen (secondary N) is 4. The van der Waals surface area contributed by atoms with Gasteiger partial charge in [-0.1, -0.05) is 18.5 Å². The van der Waals surface area contributed by atoms with Gasteiger partial charge in [-0.25, -0.2) is 9.99 Å². The van der Waals surface area contributed by atoms with E-state index in [0.717, 1.165) is 62.4 Å². The van der Waals surface area contributed by atoms with Gasteiger partial charge in [-0.05, 0) is 57.2 Å². The first-order valence-electron chi connectivity index (χ1n) is 11.9. The number of nitrogens with zero attached hydrogens (tertiary/aromatic N) is 4. The van der Waals surface area contributed by atoms with Gasteiger partial charge in [0.1, 0.15) is 11.0 Å². The molecule has 9 nitrogen and oxygen atoms in total. The Labute approximate surface area is 199 Å². The van der Waals surface area contributed by atoms with Gasteiger partial charge in [0.25, 0.3) is 5.91 Å². The molecule has 176 valence electrons. The molecule has 4 N–H and O–H groups in total. The molecule has 0 bridgehead atoms. The molecule has 1 unspecified atom stereocenters. The fourth-order valence-corrected chi connectivity index (χ4v) is 4.78. The molecule has 5 rings (SSSR count). The molecule has 2 aliphatic heterocycles. The highest BCUT2D eigenvalue weighted by molar-refractivity contribution is 6.29. The Morgan fingerprint density at radius 3 is 2.58 bits per heavy atom. The molecule has 1 aromatic rings. The van der Waals surface area contributed by atoms with E-state index in [1.165, 1.54) is 0 Å². The van der Waals surface area contributed by atoms with E-state index < -0.39 is 6.04 Å². The number of anilines is 1. The van der Waals surface area contributed by atoms with Crippen molar-refractivity contribution < 1.29 is 4.79 Å². The quantitative estimate of drug-likeness (QED) is 0.455. The summed E-state index contributed by atoms with van der Waals surface area (Å²) in [7, 11) is 0. The Morgan fingerprint density at radius 1 is 1.12 bits per heavy atom. The third-order valence-corrected chi connectivity index (χ3v) is 6.68. The van der Waals surface area contributed by atoms with Crippen molar-refractivity contribution in [1.29, 1.82) is 0 Å². The molecular weight excluding hydrogens is 440 g/mol. The second kappa shape index (κ2) is 9.69. The van der Waals surface area contributed by atoms with E-state index in [0.29, 0.717) is 35.5 Å². The number of pyridine rings is 1. The molecule has 0 saturated heterocycles. The number of rotatable bonds is 7. The number of amidine groups is 2. The Balaban J connectivity index is 1.29. The van der Waals surface area contributed by atoms with Gasteiger partial charge in [-0.3, -0.25) is 9.79 Å². The van der Waals surface area contributed by atoms with Gasteiger partial charge in [0.2, 0.25) is 0 Å². The average molecular weight is 471 g/mol. The van der Waals surface area contributed by atoms with Crippen LogP contribution in [0.25, 0.3) is 0 Å². The van der Waals surface area contributed by atoms with E-state index in [9.17, 15) is 4.79 Å². The summed E-state index contributed by atoms with van der Waals surface area (Å²) >= 11 is 5.97. The van der Waals surface area contributed by atoms with Crippen LogP contribution in [0.4, 0.5) is 5.69 Å². The summed E-state index contributed by atoms with van der Waals surface area (Å²) < 4.78 is 0. The number of hydrogen-bond acceptors (Lipinski definition) is 8. The van der Waals surface area contributed by atoms with Crippen LogP contribution < -0.4 is 21.3 Å². The smallest absolute Gasteiger partial charge is 0.251 e. The largest absolute Gasteiger partial charge is 0.379 e. The van der Waals surface area contributed by atoms with Crippen molar-refractivity contribution in [2.45, 2.75) is 69.6 Å². The van der Waals surface area contributed by atoms with Crippen LogP contribution in [-0.4, -0.2) is 64.8 Å². The number of amides is 1. The van der Waals surface area contributed by atoms with Crippen LogP contribution in [0.15, 0.2) is 40.2 Å². The molecule has 2 fully saturated rings. The van der Waals surface area contributed by atoms with Crippen molar-refractivity contribution in [3.05, 3.63) is 35.3 Å². The molecule has 0 aromatic carbocycles. The maximum atomic E-state index is 13.1. The van der Waals surface area contributed by atoms with Crippen molar-refractivity contribution in [3.8, 4) is 0 Å². The van der Waals surface area contributed by atoms with E-state index in [1.807, 2.05) is 6.08 Å². The highest BCUT2D eigenvalue weighted by atomic mass is 35.5. The standard InChI is InChI=1S/C23H31ClN8O/c1-2-25-14-3-5-16(6-4-14)29-21-12-18(28-15-7-8-15)22-27-13-19(32(22)31-21)23(33)30-17-9-10-26-20(24)11-17/h9-12,14-16,19,25,28H,2-8,13H2,1H3,(H,29,31)(H,26,30,33)/t14-,16-,19?. The normalized spacial score (nSPS) is 26.7. The van der Waals surface area contributed by atoms with Crippen LogP contribution >= 0.6 is 11.6 Å². The van der Waals surface area contributed by atoms with Crippen molar-refractivity contribution >= 4 is 34.9 Å². The van der Waals surface area contributed by atoms with Gasteiger partial charge in [0.05, 0.1) is 12.2 Å². The lowest BCUT2D eigenvalue weighted by molar-refractivity contribution is -0.119. The predicted molar refractivity (Wildman–Crippen MR) is 130 cm³/mol. The second-order valence-electron chi connectivity index (χ2n) is 9.09. The summed E-state index contributed by atoms with van der Waals surface area (Å²) in [5.41, 5.74) is 1.55. The van der Waals surface area contributed by atoms with E-state index in [2.05, 4.69) is 38.2 Å². The summed E-state index contributed by atoms with van der Waals surface area (Å²) in [6.45, 7) is 3.53. The minimum absolute atomic E-state index is 0.169. The molecular formula is C23H31ClN8O. The lowest BCUT2D eigenvalue weighted by Gasteiger charge is -2.32. The zero-order valence-corrected chi connectivity index (χ0v) is 19.6. The first kappa shape index (κ1) is 22.2. The fourth-order valence-electron chi connectivity index (χ4n) is 4.61. The molecule has 2 aliphatic carbocycles. The zero-order valence-electron chi connectivity index (χ0n) is 18.9. The maximum Gasteiger partial charge on any atom is 0.251 e. The van der Waals surface area contributed by atoms with Crippen LogP contribution in [0.5, 0.6) is 0 Å². The number of halogens is 1. The van der Waals surface area contributed by atoms with Gasteiger partial charge < -0.3 is 21.3 Å². The molecule has 1 atom stereocenters. The summed E-state index contributed by atoms with van der Waals surface area (Å²) in [6, 6.07) is 4.30. The summed E-state index contributed by atoms with van der Waals surface area (Å²) in [5, 5.41) is 20.6.